The van der Waals surface area contributed by atoms with E-state index >= 15 is 0 Å². The lowest BCUT2D eigenvalue weighted by atomic mass is 9.97. The molecule has 1 atom stereocenters. The van der Waals surface area contributed by atoms with Crippen molar-refractivity contribution in [3.63, 3.8) is 0 Å². The SMILES string of the molecule is ClC1CC(Cl)(Cl)C(Cl)(Cl)CC1(Cl)Cl. The fourth-order valence-electron chi connectivity index (χ4n) is 1.06. The van der Waals surface area contributed by atoms with Crippen LogP contribution in [-0.2, 0) is 0 Å². The van der Waals surface area contributed by atoms with Crippen LogP contribution < -0.4 is 0 Å². The van der Waals surface area contributed by atoms with Crippen molar-refractivity contribution in [2.75, 3.05) is 0 Å². The van der Waals surface area contributed by atoms with Crippen LogP contribution in [-0.4, -0.2) is 18.4 Å². The van der Waals surface area contributed by atoms with E-state index in [1.807, 2.05) is 0 Å². The second-order valence-electron chi connectivity index (χ2n) is 3.02. The molecule has 1 fully saturated rings. The highest BCUT2D eigenvalue weighted by molar-refractivity contribution is 6.64. The third-order valence-electron chi connectivity index (χ3n) is 1.89. The van der Waals surface area contributed by atoms with Crippen molar-refractivity contribution in [3.8, 4) is 0 Å². The Balaban J connectivity index is 2.93. The summed E-state index contributed by atoms with van der Waals surface area (Å²) in [6.45, 7) is 0. The molecule has 13 heavy (non-hydrogen) atoms. The highest BCUT2D eigenvalue weighted by Gasteiger charge is 2.59. The molecular formula is C6H5Cl7. The predicted molar refractivity (Wildman–Crippen MR) is 62.2 cm³/mol. The Morgan fingerprint density at radius 3 is 1.69 bits per heavy atom. The quantitative estimate of drug-likeness (QED) is 0.555. The number of hydrogen-bond acceptors (Lipinski definition) is 0. The Kier molecular flexibility index (Phi) is 3.83. The zero-order valence-corrected chi connectivity index (χ0v) is 11.4. The van der Waals surface area contributed by atoms with E-state index in [0.29, 0.717) is 0 Å². The van der Waals surface area contributed by atoms with E-state index in [2.05, 4.69) is 0 Å². The minimum absolute atomic E-state index is 0.0212. The highest BCUT2D eigenvalue weighted by atomic mass is 35.5. The first-order valence-electron chi connectivity index (χ1n) is 3.36. The summed E-state index contributed by atoms with van der Waals surface area (Å²) in [6.07, 6.45) is 0.158. The van der Waals surface area contributed by atoms with Crippen molar-refractivity contribution in [2.24, 2.45) is 0 Å². The monoisotopic (exact) mass is 322 g/mol. The molecule has 0 amide bonds. The molecule has 0 aromatic carbocycles. The zero-order valence-electron chi connectivity index (χ0n) is 6.14. The maximum absolute atomic E-state index is 5.89. The lowest BCUT2D eigenvalue weighted by Crippen LogP contribution is -2.51. The molecule has 0 radical (unpaired) electrons. The Morgan fingerprint density at radius 2 is 1.31 bits per heavy atom. The van der Waals surface area contributed by atoms with E-state index in [-0.39, 0.29) is 12.8 Å². The molecule has 7 heteroatoms. The van der Waals surface area contributed by atoms with E-state index in [1.165, 1.54) is 0 Å². The first-order valence-corrected chi connectivity index (χ1v) is 6.06. The van der Waals surface area contributed by atoms with Crippen LogP contribution in [0.3, 0.4) is 0 Å². The number of rotatable bonds is 0. The van der Waals surface area contributed by atoms with Crippen molar-refractivity contribution < 1.29 is 0 Å². The van der Waals surface area contributed by atoms with E-state index in [9.17, 15) is 0 Å². The van der Waals surface area contributed by atoms with Gasteiger partial charge in [-0.25, -0.2) is 0 Å². The number of halogens is 7. The second kappa shape index (κ2) is 3.80. The minimum atomic E-state index is -1.38. The molecule has 0 aliphatic heterocycles. The van der Waals surface area contributed by atoms with E-state index in [4.69, 9.17) is 81.2 Å². The summed E-state index contributed by atoms with van der Waals surface area (Å²) >= 11 is 41.2. The van der Waals surface area contributed by atoms with Crippen molar-refractivity contribution in [3.05, 3.63) is 0 Å². The first-order chi connectivity index (χ1) is 5.58. The smallest absolute Gasteiger partial charge is 0.120 e. The summed E-state index contributed by atoms with van der Waals surface area (Å²) in [6, 6.07) is 0. The third kappa shape index (κ3) is 2.58. The Bertz CT molecular complexity index is 209. The van der Waals surface area contributed by atoms with E-state index in [1.54, 1.807) is 0 Å². The second-order valence-corrected chi connectivity index (χ2v) is 8.06. The average molecular weight is 325 g/mol. The lowest BCUT2D eigenvalue weighted by Gasteiger charge is -2.44. The van der Waals surface area contributed by atoms with Crippen LogP contribution in [0.15, 0.2) is 0 Å². The average Bonchev–Trinajstić information content (AvgIpc) is 1.80. The van der Waals surface area contributed by atoms with Gasteiger partial charge >= 0.3 is 0 Å². The lowest BCUT2D eigenvalue weighted by molar-refractivity contribution is 0.438. The van der Waals surface area contributed by atoms with E-state index in [0.717, 1.165) is 0 Å². The van der Waals surface area contributed by atoms with Gasteiger partial charge in [-0.1, -0.05) is 69.6 Å². The van der Waals surface area contributed by atoms with Crippen LogP contribution in [0.4, 0.5) is 0 Å². The van der Waals surface area contributed by atoms with Gasteiger partial charge < -0.3 is 0 Å². The molecule has 78 valence electrons. The molecule has 0 spiro atoms. The molecule has 1 aliphatic carbocycles. The van der Waals surface area contributed by atoms with Crippen LogP contribution in [0.25, 0.3) is 0 Å². The third-order valence-corrected chi connectivity index (χ3v) is 5.68. The van der Waals surface area contributed by atoms with Crippen molar-refractivity contribution in [1.82, 2.24) is 0 Å². The van der Waals surface area contributed by atoms with Gasteiger partial charge in [0.15, 0.2) is 8.67 Å². The summed E-state index contributed by atoms with van der Waals surface area (Å²) in [5.41, 5.74) is 0. The molecule has 0 bridgehead atoms. The summed E-state index contributed by atoms with van der Waals surface area (Å²) in [5.74, 6) is 0. The fourth-order valence-corrected chi connectivity index (χ4v) is 3.37. The fraction of sp³-hybridized carbons (Fsp3) is 1.00. The summed E-state index contributed by atoms with van der Waals surface area (Å²) in [4.78, 5) is 0. The van der Waals surface area contributed by atoms with Crippen LogP contribution in [0.5, 0.6) is 0 Å². The van der Waals surface area contributed by atoms with Crippen molar-refractivity contribution in [2.45, 2.75) is 31.2 Å². The molecule has 1 aliphatic rings. The van der Waals surface area contributed by atoms with E-state index < -0.39 is 18.4 Å². The molecule has 1 rings (SSSR count). The van der Waals surface area contributed by atoms with Gasteiger partial charge in [0.1, 0.15) is 4.33 Å². The molecule has 0 heterocycles. The highest BCUT2D eigenvalue weighted by Crippen LogP contribution is 2.58. The number of hydrogen-bond donors (Lipinski definition) is 0. The molecule has 1 unspecified atom stereocenters. The molecule has 1 saturated carbocycles. The molecular weight excluding hydrogens is 320 g/mol. The van der Waals surface area contributed by atoms with Gasteiger partial charge in [0, 0.05) is 12.8 Å². The van der Waals surface area contributed by atoms with Gasteiger partial charge in [-0.3, -0.25) is 0 Å². The zero-order chi connectivity index (χ0) is 10.5. The number of alkyl halides is 7. The topological polar surface area (TPSA) is 0 Å². The van der Waals surface area contributed by atoms with Crippen LogP contribution in [0.1, 0.15) is 12.8 Å². The van der Waals surface area contributed by atoms with Gasteiger partial charge in [-0.05, 0) is 0 Å². The predicted octanol–water partition coefficient (Wildman–Crippen LogP) is 4.91. The molecule has 0 nitrogen and oxygen atoms in total. The summed E-state index contributed by atoms with van der Waals surface area (Å²) in [7, 11) is 0. The minimum Gasteiger partial charge on any atom is -0.120 e. The molecule has 0 N–H and O–H groups in total. The molecule has 0 saturated heterocycles. The van der Waals surface area contributed by atoms with Gasteiger partial charge in [-0.15, -0.1) is 11.6 Å². The maximum Gasteiger partial charge on any atom is 0.153 e. The van der Waals surface area contributed by atoms with Crippen molar-refractivity contribution in [1.29, 1.82) is 0 Å². The summed E-state index contributed by atoms with van der Waals surface area (Å²) in [5, 5.41) is -0.573. The molecule has 0 aromatic heterocycles. The Hall–Kier alpha value is 2.03. The van der Waals surface area contributed by atoms with Crippen LogP contribution in [0.2, 0.25) is 0 Å². The van der Waals surface area contributed by atoms with Gasteiger partial charge in [-0.2, -0.15) is 0 Å². The maximum atomic E-state index is 5.89. The largest absolute Gasteiger partial charge is 0.153 e. The molecule has 0 aromatic rings. The Labute approximate surface area is 112 Å². The van der Waals surface area contributed by atoms with Crippen LogP contribution in [0, 0.1) is 0 Å². The van der Waals surface area contributed by atoms with Gasteiger partial charge in [0.25, 0.3) is 0 Å². The first kappa shape index (κ1) is 13.1. The van der Waals surface area contributed by atoms with Gasteiger partial charge in [0.2, 0.25) is 0 Å². The summed E-state index contributed by atoms with van der Waals surface area (Å²) < 4.78 is -3.90. The van der Waals surface area contributed by atoms with Crippen molar-refractivity contribution >= 4 is 81.2 Å². The normalized spacial score (nSPS) is 35.8. The van der Waals surface area contributed by atoms with Gasteiger partial charge in [0.05, 0.1) is 5.38 Å². The van der Waals surface area contributed by atoms with Crippen LogP contribution >= 0.6 is 81.2 Å². The standard InChI is InChI=1S/C6H5Cl7/c7-3-1-5(10,11)6(12,13)2-4(3,8)9/h3H,1-2H2. The Morgan fingerprint density at radius 1 is 0.846 bits per heavy atom.